The van der Waals surface area contributed by atoms with Gasteiger partial charge < -0.3 is 14.0 Å². The fourth-order valence-corrected chi connectivity index (χ4v) is 4.77. The van der Waals surface area contributed by atoms with E-state index in [1.165, 1.54) is 14.2 Å². The van der Waals surface area contributed by atoms with Crippen LogP contribution in [0.5, 0.6) is 0 Å². The van der Waals surface area contributed by atoms with Crippen molar-refractivity contribution in [2.75, 3.05) is 19.1 Å². The highest BCUT2D eigenvalue weighted by Crippen LogP contribution is 2.37. The van der Waals surface area contributed by atoms with Crippen LogP contribution in [-0.4, -0.2) is 36.6 Å². The molecule has 2 aromatic carbocycles. The summed E-state index contributed by atoms with van der Waals surface area (Å²) >= 11 is 0. The Morgan fingerprint density at radius 1 is 0.838 bits per heavy atom. The molecule has 0 unspecified atom stereocenters. The zero-order valence-electron chi connectivity index (χ0n) is 22.1. The zero-order chi connectivity index (χ0) is 27.0. The van der Waals surface area contributed by atoms with E-state index in [2.05, 4.69) is 0 Å². The molecular formula is C30H30N2O5. The van der Waals surface area contributed by atoms with Crippen LogP contribution in [0.15, 0.2) is 65.4 Å². The summed E-state index contributed by atoms with van der Waals surface area (Å²) in [5.41, 5.74) is 7.34. The van der Waals surface area contributed by atoms with Crippen LogP contribution in [0.2, 0.25) is 0 Å². The molecule has 1 amide bonds. The Hall–Kier alpha value is -4.39. The van der Waals surface area contributed by atoms with Gasteiger partial charge in [0.2, 0.25) is 0 Å². The second kappa shape index (κ2) is 9.93. The van der Waals surface area contributed by atoms with E-state index in [-0.39, 0.29) is 17.1 Å². The van der Waals surface area contributed by atoms with E-state index in [1.54, 1.807) is 30.0 Å². The molecule has 0 spiro atoms. The van der Waals surface area contributed by atoms with Crippen LogP contribution in [0, 0.1) is 27.7 Å². The Balaban J connectivity index is 1.87. The summed E-state index contributed by atoms with van der Waals surface area (Å²) in [7, 11) is 2.65. The highest BCUT2D eigenvalue weighted by atomic mass is 16.5. The Kier molecular flexibility index (Phi) is 6.90. The topological polar surface area (TPSA) is 77.8 Å². The maximum Gasteiger partial charge on any atom is 0.340 e. The van der Waals surface area contributed by atoms with Crippen molar-refractivity contribution in [2.45, 2.75) is 34.6 Å². The van der Waals surface area contributed by atoms with Gasteiger partial charge in [-0.15, -0.1) is 0 Å². The standard InChI is InChI=1S/C30H30N2O5/c1-17-12-13-23(14-18(17)2)32-21(5)27(30(35)37-7)25(28(32)33)16-22-15-19(3)31(20(22)4)26-11-9-8-10-24(26)29(34)36-6/h8-16H,1-7H3/b25-16-. The molecule has 0 saturated carbocycles. The second-order valence-electron chi connectivity index (χ2n) is 9.09. The third-order valence-electron chi connectivity index (χ3n) is 6.86. The van der Waals surface area contributed by atoms with Crippen LogP contribution < -0.4 is 4.90 Å². The van der Waals surface area contributed by atoms with Crippen molar-refractivity contribution in [3.05, 3.63) is 99.0 Å². The van der Waals surface area contributed by atoms with Crippen molar-refractivity contribution in [2.24, 2.45) is 0 Å². The predicted octanol–water partition coefficient (Wildman–Crippen LogP) is 5.37. The Morgan fingerprint density at radius 3 is 2.16 bits per heavy atom. The first-order valence-corrected chi connectivity index (χ1v) is 11.9. The summed E-state index contributed by atoms with van der Waals surface area (Å²) in [6, 6.07) is 14.9. The number of hydrogen-bond donors (Lipinski definition) is 0. The van der Waals surface area contributed by atoms with Gasteiger partial charge in [0.1, 0.15) is 0 Å². The molecule has 0 bridgehead atoms. The number of esters is 2. The Labute approximate surface area is 216 Å². The maximum absolute atomic E-state index is 13.7. The van der Waals surface area contributed by atoms with Gasteiger partial charge in [0.15, 0.2) is 0 Å². The van der Waals surface area contributed by atoms with E-state index in [0.717, 1.165) is 28.1 Å². The summed E-state index contributed by atoms with van der Waals surface area (Å²) < 4.78 is 12.0. The van der Waals surface area contributed by atoms with Crippen molar-refractivity contribution >= 4 is 29.6 Å². The third kappa shape index (κ3) is 4.37. The van der Waals surface area contributed by atoms with Crippen LogP contribution in [-0.2, 0) is 19.1 Å². The number of allylic oxidation sites excluding steroid dienone is 1. The number of rotatable bonds is 5. The van der Waals surface area contributed by atoms with Crippen LogP contribution in [0.25, 0.3) is 11.8 Å². The van der Waals surface area contributed by atoms with Crippen molar-refractivity contribution in [1.82, 2.24) is 4.57 Å². The van der Waals surface area contributed by atoms with E-state index in [4.69, 9.17) is 9.47 Å². The average Bonchev–Trinajstić information content (AvgIpc) is 3.30. The van der Waals surface area contributed by atoms with Crippen molar-refractivity contribution in [3.8, 4) is 5.69 Å². The number of aromatic nitrogens is 1. The lowest BCUT2D eigenvalue weighted by molar-refractivity contribution is -0.136. The highest BCUT2D eigenvalue weighted by molar-refractivity contribution is 6.24. The van der Waals surface area contributed by atoms with Crippen LogP contribution in [0.3, 0.4) is 0 Å². The number of anilines is 1. The van der Waals surface area contributed by atoms with E-state index < -0.39 is 11.9 Å². The van der Waals surface area contributed by atoms with Crippen LogP contribution >= 0.6 is 0 Å². The molecule has 7 nitrogen and oxygen atoms in total. The third-order valence-corrected chi connectivity index (χ3v) is 6.86. The van der Waals surface area contributed by atoms with Gasteiger partial charge in [-0.2, -0.15) is 0 Å². The first-order valence-electron chi connectivity index (χ1n) is 11.9. The lowest BCUT2D eigenvalue weighted by Gasteiger charge is -2.19. The lowest BCUT2D eigenvalue weighted by atomic mass is 10.0. The minimum Gasteiger partial charge on any atom is -0.465 e. The number of ether oxygens (including phenoxy) is 2. The molecule has 0 aliphatic carbocycles. The van der Waals surface area contributed by atoms with Gasteiger partial charge in [-0.3, -0.25) is 9.69 Å². The Bertz CT molecular complexity index is 1510. The van der Waals surface area contributed by atoms with Crippen molar-refractivity contribution in [3.63, 3.8) is 0 Å². The SMILES string of the molecule is COC(=O)C1=C(C)N(c2ccc(C)c(C)c2)C(=O)/C1=C\c1cc(C)n(-c2ccccc2C(=O)OC)c1C. The largest absolute Gasteiger partial charge is 0.465 e. The molecule has 7 heteroatoms. The molecule has 0 fully saturated rings. The van der Waals surface area contributed by atoms with Gasteiger partial charge >= 0.3 is 11.9 Å². The summed E-state index contributed by atoms with van der Waals surface area (Å²) in [6.45, 7) is 9.56. The van der Waals surface area contributed by atoms with Crippen molar-refractivity contribution in [1.29, 1.82) is 0 Å². The van der Waals surface area contributed by atoms with Gasteiger partial charge in [-0.1, -0.05) is 18.2 Å². The molecular weight excluding hydrogens is 468 g/mol. The van der Waals surface area contributed by atoms with Crippen LogP contribution in [0.4, 0.5) is 5.69 Å². The average molecular weight is 499 g/mol. The molecule has 190 valence electrons. The first kappa shape index (κ1) is 25.7. The minimum atomic E-state index is -0.576. The predicted molar refractivity (Wildman–Crippen MR) is 143 cm³/mol. The van der Waals surface area contributed by atoms with Gasteiger partial charge in [0.05, 0.1) is 36.6 Å². The van der Waals surface area contributed by atoms with Crippen molar-refractivity contribution < 1.29 is 23.9 Å². The number of para-hydroxylation sites is 1. The quantitative estimate of drug-likeness (QED) is 0.349. The van der Waals surface area contributed by atoms with E-state index in [1.807, 2.05) is 68.7 Å². The number of aryl methyl sites for hydroxylation is 3. The molecule has 37 heavy (non-hydrogen) atoms. The van der Waals surface area contributed by atoms with Gasteiger partial charge in [-0.05, 0) is 87.7 Å². The fourth-order valence-electron chi connectivity index (χ4n) is 4.77. The Morgan fingerprint density at radius 2 is 1.51 bits per heavy atom. The zero-order valence-corrected chi connectivity index (χ0v) is 22.1. The number of carbonyl (C=O) groups excluding carboxylic acids is 3. The maximum atomic E-state index is 13.7. The molecule has 2 heterocycles. The number of carbonyl (C=O) groups is 3. The normalized spacial score (nSPS) is 14.5. The first-order chi connectivity index (χ1) is 17.6. The fraction of sp³-hybridized carbons (Fsp3) is 0.233. The molecule has 4 rings (SSSR count). The number of hydrogen-bond acceptors (Lipinski definition) is 5. The molecule has 0 saturated heterocycles. The van der Waals surface area contributed by atoms with E-state index >= 15 is 0 Å². The lowest BCUT2D eigenvalue weighted by Crippen LogP contribution is -2.24. The molecule has 1 aliphatic heterocycles. The van der Waals surface area contributed by atoms with Crippen LogP contribution in [0.1, 0.15) is 45.4 Å². The smallest absolute Gasteiger partial charge is 0.340 e. The number of nitrogens with zero attached hydrogens (tertiary/aromatic N) is 2. The summed E-state index contributed by atoms with van der Waals surface area (Å²) in [6.07, 6.45) is 1.72. The van der Waals surface area contributed by atoms with Gasteiger partial charge in [0.25, 0.3) is 5.91 Å². The molecule has 0 radical (unpaired) electrons. The minimum absolute atomic E-state index is 0.227. The number of methoxy groups -OCH3 is 2. The summed E-state index contributed by atoms with van der Waals surface area (Å²) in [5.74, 6) is -1.32. The molecule has 1 aliphatic rings. The monoisotopic (exact) mass is 498 g/mol. The highest BCUT2D eigenvalue weighted by Gasteiger charge is 2.38. The van der Waals surface area contributed by atoms with Gasteiger partial charge in [-0.25, -0.2) is 9.59 Å². The van der Waals surface area contributed by atoms with E-state index in [0.29, 0.717) is 22.6 Å². The summed E-state index contributed by atoms with van der Waals surface area (Å²) in [4.78, 5) is 40.5. The van der Waals surface area contributed by atoms with E-state index in [9.17, 15) is 14.4 Å². The second-order valence-corrected chi connectivity index (χ2v) is 9.09. The molecule has 0 N–H and O–H groups in total. The molecule has 1 aromatic heterocycles. The van der Waals surface area contributed by atoms with Gasteiger partial charge in [0, 0.05) is 22.8 Å². The molecule has 3 aromatic rings. The molecule has 0 atom stereocenters. The number of amides is 1. The summed E-state index contributed by atoms with van der Waals surface area (Å²) in [5, 5.41) is 0. The number of benzene rings is 2.